The quantitative estimate of drug-likeness (QED) is 0.544. The van der Waals surface area contributed by atoms with Gasteiger partial charge in [0, 0.05) is 22.7 Å². The van der Waals surface area contributed by atoms with Crippen molar-refractivity contribution in [2.24, 2.45) is 5.10 Å². The Morgan fingerprint density at radius 3 is 2.80 bits per heavy atom. The highest BCUT2D eigenvalue weighted by molar-refractivity contribution is 7.71. The van der Waals surface area contributed by atoms with Gasteiger partial charge in [0.05, 0.1) is 18.5 Å². The van der Waals surface area contributed by atoms with Gasteiger partial charge in [-0.2, -0.15) is 20.0 Å². The number of aromatic amines is 1. The number of aromatic nitrogens is 5. The number of benzene rings is 1. The average molecular weight is 375 g/mol. The minimum atomic E-state index is 0.479. The Morgan fingerprint density at radius 1 is 1.32 bits per heavy atom. The van der Waals surface area contributed by atoms with Crippen LogP contribution in [0.3, 0.4) is 0 Å². The first kappa shape index (κ1) is 17.6. The summed E-state index contributed by atoms with van der Waals surface area (Å²) in [5.74, 6) is 0.792. The molecule has 0 aliphatic heterocycles. The van der Waals surface area contributed by atoms with Crippen molar-refractivity contribution in [3.05, 3.63) is 62.4 Å². The second-order valence-electron chi connectivity index (χ2n) is 5.69. The predicted molar refractivity (Wildman–Crippen MR) is 102 cm³/mol. The van der Waals surface area contributed by atoms with Crippen LogP contribution in [0.5, 0.6) is 0 Å². The fourth-order valence-electron chi connectivity index (χ4n) is 2.63. The molecule has 1 N–H and O–H groups in total. The summed E-state index contributed by atoms with van der Waals surface area (Å²) in [5, 5.41) is 16.8. The monoisotopic (exact) mass is 374 g/mol. The van der Waals surface area contributed by atoms with E-state index in [-0.39, 0.29) is 0 Å². The molecule has 0 saturated carbocycles. The largest absolute Gasteiger partial charge is 0.264 e. The standard InChI is InChI=1S/C17H19ClN6S/c1-4-16-20-21-17(25)24(16)19-9-14-11(2)22-23(12(14)3)10-13-7-5-6-8-15(13)18/h5-9H,4,10H2,1-3H3,(H,21,25)/b19-9+. The SMILES string of the molecule is CCc1n[nH]c(=S)n1/N=C/c1c(C)nn(Cc2ccccc2Cl)c1C. The van der Waals surface area contributed by atoms with Crippen LogP contribution >= 0.6 is 23.8 Å². The second-order valence-corrected chi connectivity index (χ2v) is 6.48. The molecule has 0 bridgehead atoms. The fourth-order valence-corrected chi connectivity index (χ4v) is 3.02. The number of nitrogens with one attached hydrogen (secondary N) is 1. The van der Waals surface area contributed by atoms with E-state index in [2.05, 4.69) is 20.4 Å². The Labute approximate surface area is 156 Å². The lowest BCUT2D eigenvalue weighted by atomic mass is 10.2. The molecule has 0 atom stereocenters. The molecule has 0 amide bonds. The minimum absolute atomic E-state index is 0.479. The molecule has 0 saturated heterocycles. The summed E-state index contributed by atoms with van der Waals surface area (Å²) in [5.41, 5.74) is 3.93. The van der Waals surface area contributed by atoms with E-state index in [0.29, 0.717) is 11.3 Å². The van der Waals surface area contributed by atoms with Gasteiger partial charge >= 0.3 is 0 Å². The van der Waals surface area contributed by atoms with Crippen molar-refractivity contribution in [2.45, 2.75) is 33.7 Å². The Kier molecular flexibility index (Phi) is 5.15. The molecule has 3 rings (SSSR count). The van der Waals surface area contributed by atoms with Crippen LogP contribution in [0.4, 0.5) is 0 Å². The van der Waals surface area contributed by atoms with Crippen molar-refractivity contribution in [2.75, 3.05) is 0 Å². The molecule has 0 unspecified atom stereocenters. The summed E-state index contributed by atoms with van der Waals surface area (Å²) in [6, 6.07) is 7.79. The zero-order valence-corrected chi connectivity index (χ0v) is 15.9. The van der Waals surface area contributed by atoms with Crippen molar-refractivity contribution >= 4 is 30.0 Å². The van der Waals surface area contributed by atoms with Gasteiger partial charge in [0.2, 0.25) is 4.77 Å². The minimum Gasteiger partial charge on any atom is -0.264 e. The average Bonchev–Trinajstić information content (AvgIpc) is 3.08. The lowest BCUT2D eigenvalue weighted by Crippen LogP contribution is -2.05. The zero-order chi connectivity index (χ0) is 18.0. The van der Waals surface area contributed by atoms with Gasteiger partial charge in [-0.15, -0.1) is 0 Å². The summed E-state index contributed by atoms with van der Waals surface area (Å²) in [7, 11) is 0. The van der Waals surface area contributed by atoms with Crippen LogP contribution in [0.25, 0.3) is 0 Å². The van der Waals surface area contributed by atoms with Crippen LogP contribution in [0, 0.1) is 18.6 Å². The first-order valence-corrected chi connectivity index (χ1v) is 8.78. The van der Waals surface area contributed by atoms with Crippen molar-refractivity contribution in [3.63, 3.8) is 0 Å². The molecule has 0 aliphatic carbocycles. The van der Waals surface area contributed by atoms with Crippen molar-refractivity contribution in [1.29, 1.82) is 0 Å². The first-order valence-electron chi connectivity index (χ1n) is 7.99. The van der Waals surface area contributed by atoms with E-state index >= 15 is 0 Å². The number of rotatable bonds is 5. The summed E-state index contributed by atoms with van der Waals surface area (Å²) < 4.78 is 4.05. The van der Waals surface area contributed by atoms with Crippen molar-refractivity contribution in [3.8, 4) is 0 Å². The third-order valence-electron chi connectivity index (χ3n) is 4.05. The van der Waals surface area contributed by atoms with Crippen LogP contribution < -0.4 is 0 Å². The van der Waals surface area contributed by atoms with Crippen LogP contribution in [-0.4, -0.2) is 30.9 Å². The van der Waals surface area contributed by atoms with E-state index < -0.39 is 0 Å². The molecule has 0 radical (unpaired) electrons. The number of nitrogens with zero attached hydrogens (tertiary/aromatic N) is 5. The normalized spacial score (nSPS) is 11.5. The topological polar surface area (TPSA) is 63.8 Å². The summed E-state index contributed by atoms with van der Waals surface area (Å²) in [4.78, 5) is 0. The van der Waals surface area contributed by atoms with Crippen LogP contribution in [0.2, 0.25) is 5.02 Å². The van der Waals surface area contributed by atoms with Gasteiger partial charge in [-0.05, 0) is 37.7 Å². The predicted octanol–water partition coefficient (Wildman–Crippen LogP) is 3.90. The molecule has 8 heteroatoms. The number of hydrogen-bond donors (Lipinski definition) is 1. The van der Waals surface area contributed by atoms with Crippen LogP contribution in [0.15, 0.2) is 29.4 Å². The van der Waals surface area contributed by atoms with Crippen LogP contribution in [-0.2, 0) is 13.0 Å². The van der Waals surface area contributed by atoms with E-state index in [4.69, 9.17) is 23.8 Å². The maximum atomic E-state index is 6.26. The van der Waals surface area contributed by atoms with E-state index in [9.17, 15) is 0 Å². The Morgan fingerprint density at radius 2 is 2.08 bits per heavy atom. The van der Waals surface area contributed by atoms with Gasteiger partial charge in [0.15, 0.2) is 5.82 Å². The molecule has 0 fully saturated rings. The number of aryl methyl sites for hydroxylation is 2. The lowest BCUT2D eigenvalue weighted by molar-refractivity contribution is 0.659. The molecule has 2 heterocycles. The van der Waals surface area contributed by atoms with Crippen molar-refractivity contribution in [1.82, 2.24) is 24.7 Å². The zero-order valence-electron chi connectivity index (χ0n) is 14.3. The van der Waals surface area contributed by atoms with Gasteiger partial charge < -0.3 is 0 Å². The first-order chi connectivity index (χ1) is 12.0. The molecule has 25 heavy (non-hydrogen) atoms. The Bertz CT molecular complexity index is 981. The highest BCUT2D eigenvalue weighted by atomic mass is 35.5. The highest BCUT2D eigenvalue weighted by Crippen LogP contribution is 2.18. The molecule has 1 aromatic carbocycles. The van der Waals surface area contributed by atoms with Gasteiger partial charge in [-0.25, -0.2) is 0 Å². The third-order valence-corrected chi connectivity index (χ3v) is 4.68. The highest BCUT2D eigenvalue weighted by Gasteiger charge is 2.12. The third kappa shape index (κ3) is 3.57. The second kappa shape index (κ2) is 7.33. The van der Waals surface area contributed by atoms with Crippen LogP contribution in [0.1, 0.15) is 35.3 Å². The van der Waals surface area contributed by atoms with E-state index in [1.807, 2.05) is 49.7 Å². The molecule has 2 aromatic heterocycles. The van der Waals surface area contributed by atoms with Crippen molar-refractivity contribution < 1.29 is 0 Å². The smallest absolute Gasteiger partial charge is 0.216 e. The molecular weight excluding hydrogens is 356 g/mol. The fraction of sp³-hybridized carbons (Fsp3) is 0.294. The maximum Gasteiger partial charge on any atom is 0.216 e. The molecular formula is C17H19ClN6S. The lowest BCUT2D eigenvalue weighted by Gasteiger charge is -2.06. The van der Waals surface area contributed by atoms with E-state index in [1.54, 1.807) is 10.9 Å². The number of H-pyrrole nitrogens is 1. The maximum absolute atomic E-state index is 6.26. The van der Waals surface area contributed by atoms with Gasteiger partial charge in [0.1, 0.15) is 0 Å². The summed E-state index contributed by atoms with van der Waals surface area (Å²) >= 11 is 11.5. The molecule has 130 valence electrons. The van der Waals surface area contributed by atoms with E-state index in [0.717, 1.165) is 39.8 Å². The van der Waals surface area contributed by atoms with E-state index in [1.165, 1.54) is 0 Å². The molecule has 3 aromatic rings. The Balaban J connectivity index is 1.92. The van der Waals surface area contributed by atoms with Gasteiger partial charge in [-0.1, -0.05) is 36.7 Å². The summed E-state index contributed by atoms with van der Waals surface area (Å²) in [6.07, 6.45) is 2.53. The Hall–Kier alpha value is -2.25. The summed E-state index contributed by atoms with van der Waals surface area (Å²) in [6.45, 7) is 6.61. The number of hydrogen-bond acceptors (Lipinski definition) is 4. The van der Waals surface area contributed by atoms with Gasteiger partial charge in [0.25, 0.3) is 0 Å². The number of halogens is 1. The molecule has 6 nitrogen and oxygen atoms in total. The van der Waals surface area contributed by atoms with Gasteiger partial charge in [-0.3, -0.25) is 9.78 Å². The molecule has 0 spiro atoms. The molecule has 0 aliphatic rings.